The Morgan fingerprint density at radius 1 is 1.33 bits per heavy atom. The second-order valence-corrected chi connectivity index (χ2v) is 7.13. The fraction of sp³-hybridized carbons (Fsp3) is 0.706. The van der Waals surface area contributed by atoms with Gasteiger partial charge in [-0.25, -0.2) is 14.6 Å². The number of ether oxygens (including phenoxy) is 1. The molecule has 0 radical (unpaired) electrons. The standard InChI is InChI=1S/C17H29N3O3S/c1-7-12(8-2)15-18-13(10-24-15)9-20(5)17(22)19-14(11(3)4)16(21)23-6/h10-12,14H,7-9H2,1-6H3,(H,19,22)/t14-/m0/s1. The second kappa shape index (κ2) is 9.61. The number of carbonyl (C=O) groups excluding carboxylic acids is 2. The van der Waals surface area contributed by atoms with Gasteiger partial charge in [0.15, 0.2) is 0 Å². The Morgan fingerprint density at radius 2 is 1.96 bits per heavy atom. The number of aromatic nitrogens is 1. The number of rotatable bonds is 8. The Kier molecular flexibility index (Phi) is 8.18. The number of carbonyl (C=O) groups is 2. The normalized spacial score (nSPS) is 12.3. The van der Waals surface area contributed by atoms with Crippen LogP contribution in [0.1, 0.15) is 57.2 Å². The number of nitrogens with one attached hydrogen (secondary N) is 1. The largest absolute Gasteiger partial charge is 0.467 e. The van der Waals surface area contributed by atoms with Gasteiger partial charge >= 0.3 is 12.0 Å². The van der Waals surface area contributed by atoms with Gasteiger partial charge in [0.05, 0.1) is 24.4 Å². The Labute approximate surface area is 148 Å². The molecule has 0 aliphatic heterocycles. The van der Waals surface area contributed by atoms with E-state index in [-0.39, 0.29) is 11.9 Å². The number of amides is 2. The Morgan fingerprint density at radius 3 is 2.46 bits per heavy atom. The predicted octanol–water partition coefficient (Wildman–Crippen LogP) is 3.39. The van der Waals surface area contributed by atoms with Gasteiger partial charge in [0.1, 0.15) is 6.04 Å². The number of hydrogen-bond donors (Lipinski definition) is 1. The lowest BCUT2D eigenvalue weighted by Gasteiger charge is -2.23. The first-order valence-electron chi connectivity index (χ1n) is 8.37. The molecule has 1 atom stereocenters. The van der Waals surface area contributed by atoms with Crippen molar-refractivity contribution in [1.82, 2.24) is 15.2 Å². The minimum Gasteiger partial charge on any atom is -0.467 e. The van der Waals surface area contributed by atoms with Crippen LogP contribution in [0.2, 0.25) is 0 Å². The zero-order valence-corrected chi connectivity index (χ0v) is 16.3. The van der Waals surface area contributed by atoms with Crippen LogP contribution in [0.15, 0.2) is 5.38 Å². The summed E-state index contributed by atoms with van der Waals surface area (Å²) in [4.78, 5) is 30.2. The third-order valence-corrected chi connectivity index (χ3v) is 5.11. The van der Waals surface area contributed by atoms with Crippen molar-refractivity contribution in [3.05, 3.63) is 16.1 Å². The van der Waals surface area contributed by atoms with Crippen LogP contribution in [-0.4, -0.2) is 42.1 Å². The average molecular weight is 356 g/mol. The molecular weight excluding hydrogens is 326 g/mol. The number of hydrogen-bond acceptors (Lipinski definition) is 5. The lowest BCUT2D eigenvalue weighted by molar-refractivity contribution is -0.144. The van der Waals surface area contributed by atoms with E-state index in [1.807, 2.05) is 19.2 Å². The number of methoxy groups -OCH3 is 1. The molecule has 1 aromatic rings. The highest BCUT2D eigenvalue weighted by Gasteiger charge is 2.26. The third-order valence-electron chi connectivity index (χ3n) is 4.05. The molecule has 24 heavy (non-hydrogen) atoms. The van der Waals surface area contributed by atoms with E-state index in [9.17, 15) is 9.59 Å². The zero-order chi connectivity index (χ0) is 18.3. The topological polar surface area (TPSA) is 71.5 Å². The van der Waals surface area contributed by atoms with Gasteiger partial charge in [-0.2, -0.15) is 0 Å². The Balaban J connectivity index is 2.68. The maximum atomic E-state index is 12.3. The van der Waals surface area contributed by atoms with Crippen molar-refractivity contribution >= 4 is 23.3 Å². The molecule has 0 aliphatic carbocycles. The summed E-state index contributed by atoms with van der Waals surface area (Å²) < 4.78 is 4.74. The van der Waals surface area contributed by atoms with E-state index in [0.29, 0.717) is 12.5 Å². The number of urea groups is 1. The molecule has 0 spiro atoms. The van der Waals surface area contributed by atoms with Crippen molar-refractivity contribution in [2.45, 2.75) is 59.0 Å². The van der Waals surface area contributed by atoms with E-state index >= 15 is 0 Å². The first-order chi connectivity index (χ1) is 11.3. The quantitative estimate of drug-likeness (QED) is 0.726. The summed E-state index contributed by atoms with van der Waals surface area (Å²) in [7, 11) is 3.02. The van der Waals surface area contributed by atoms with Crippen LogP contribution in [0.25, 0.3) is 0 Å². The van der Waals surface area contributed by atoms with E-state index in [0.717, 1.165) is 23.5 Å². The van der Waals surface area contributed by atoms with Gasteiger partial charge in [-0.05, 0) is 18.8 Å². The van der Waals surface area contributed by atoms with Gasteiger partial charge in [-0.3, -0.25) is 0 Å². The molecule has 6 nitrogen and oxygen atoms in total. The smallest absolute Gasteiger partial charge is 0.328 e. The van der Waals surface area contributed by atoms with Crippen molar-refractivity contribution in [2.75, 3.05) is 14.2 Å². The molecule has 1 heterocycles. The van der Waals surface area contributed by atoms with E-state index < -0.39 is 12.0 Å². The SMILES string of the molecule is CCC(CC)c1nc(CN(C)C(=O)N[C@H](C(=O)OC)C(C)C)cs1. The molecule has 7 heteroatoms. The van der Waals surface area contributed by atoms with Crippen LogP contribution in [0.4, 0.5) is 4.79 Å². The summed E-state index contributed by atoms with van der Waals surface area (Å²) in [5.41, 5.74) is 0.874. The van der Waals surface area contributed by atoms with Crippen LogP contribution in [0.5, 0.6) is 0 Å². The minimum absolute atomic E-state index is 0.0458. The van der Waals surface area contributed by atoms with Gasteiger partial charge in [-0.1, -0.05) is 27.7 Å². The van der Waals surface area contributed by atoms with Gasteiger partial charge < -0.3 is 15.0 Å². The summed E-state index contributed by atoms with van der Waals surface area (Å²) in [6.07, 6.45) is 2.13. The van der Waals surface area contributed by atoms with E-state index in [4.69, 9.17) is 4.74 Å². The van der Waals surface area contributed by atoms with Gasteiger partial charge in [0.25, 0.3) is 0 Å². The molecule has 0 aromatic carbocycles. The fourth-order valence-corrected chi connectivity index (χ4v) is 3.48. The van der Waals surface area contributed by atoms with Crippen LogP contribution < -0.4 is 5.32 Å². The minimum atomic E-state index is -0.652. The van der Waals surface area contributed by atoms with E-state index in [2.05, 4.69) is 24.1 Å². The van der Waals surface area contributed by atoms with Crippen molar-refractivity contribution in [3.8, 4) is 0 Å². The first kappa shape index (κ1) is 20.4. The summed E-state index contributed by atoms with van der Waals surface area (Å²) in [6.45, 7) is 8.46. The predicted molar refractivity (Wildman–Crippen MR) is 96.1 cm³/mol. The van der Waals surface area contributed by atoms with Crippen molar-refractivity contribution in [3.63, 3.8) is 0 Å². The fourth-order valence-electron chi connectivity index (χ4n) is 2.40. The monoisotopic (exact) mass is 355 g/mol. The van der Waals surface area contributed by atoms with Crippen LogP contribution >= 0.6 is 11.3 Å². The highest BCUT2D eigenvalue weighted by atomic mass is 32.1. The molecule has 0 unspecified atom stereocenters. The van der Waals surface area contributed by atoms with Crippen LogP contribution in [-0.2, 0) is 16.1 Å². The number of nitrogens with zero attached hydrogens (tertiary/aromatic N) is 2. The molecule has 1 rings (SSSR count). The number of esters is 1. The molecule has 2 amide bonds. The first-order valence-corrected chi connectivity index (χ1v) is 9.25. The Hall–Kier alpha value is -1.63. The van der Waals surface area contributed by atoms with E-state index in [1.54, 1.807) is 18.4 Å². The van der Waals surface area contributed by atoms with Gasteiger partial charge in [0.2, 0.25) is 0 Å². The summed E-state index contributed by atoms with van der Waals surface area (Å²) >= 11 is 1.64. The lowest BCUT2D eigenvalue weighted by atomic mass is 10.1. The van der Waals surface area contributed by atoms with Crippen molar-refractivity contribution in [1.29, 1.82) is 0 Å². The maximum Gasteiger partial charge on any atom is 0.328 e. The summed E-state index contributed by atoms with van der Waals surface area (Å²) in [5.74, 6) is -0.000465. The molecular formula is C17H29N3O3S. The van der Waals surface area contributed by atoms with E-state index in [1.165, 1.54) is 12.0 Å². The summed E-state index contributed by atoms with van der Waals surface area (Å²) in [5, 5.41) is 5.85. The van der Waals surface area contributed by atoms with Crippen LogP contribution in [0.3, 0.4) is 0 Å². The Bertz CT molecular complexity index is 541. The molecule has 0 aliphatic rings. The molecule has 1 aromatic heterocycles. The molecule has 0 saturated carbocycles. The lowest BCUT2D eigenvalue weighted by Crippen LogP contribution is -2.49. The highest BCUT2D eigenvalue weighted by molar-refractivity contribution is 7.09. The third kappa shape index (κ3) is 5.47. The van der Waals surface area contributed by atoms with Crippen molar-refractivity contribution < 1.29 is 14.3 Å². The molecule has 0 bridgehead atoms. The van der Waals surface area contributed by atoms with Crippen LogP contribution in [0, 0.1) is 5.92 Å². The van der Waals surface area contributed by atoms with Crippen molar-refractivity contribution in [2.24, 2.45) is 5.92 Å². The molecule has 0 fully saturated rings. The summed E-state index contributed by atoms with van der Waals surface area (Å²) in [6, 6.07) is -0.961. The maximum absolute atomic E-state index is 12.3. The molecule has 0 saturated heterocycles. The second-order valence-electron chi connectivity index (χ2n) is 6.24. The number of thiazole rings is 1. The van der Waals surface area contributed by atoms with Gasteiger partial charge in [0, 0.05) is 18.3 Å². The highest BCUT2D eigenvalue weighted by Crippen LogP contribution is 2.26. The van der Waals surface area contributed by atoms with Gasteiger partial charge in [-0.15, -0.1) is 11.3 Å². The zero-order valence-electron chi connectivity index (χ0n) is 15.5. The average Bonchev–Trinajstić information content (AvgIpc) is 3.00. The molecule has 136 valence electrons. The molecule has 1 N–H and O–H groups in total.